The Morgan fingerprint density at radius 3 is 2.94 bits per heavy atom. The number of piperidine rings is 3. The Labute approximate surface area is 190 Å². The third-order valence-corrected chi connectivity index (χ3v) is 8.16. The maximum Gasteiger partial charge on any atom is 0.305 e. The van der Waals surface area contributed by atoms with Crippen molar-refractivity contribution in [3.05, 3.63) is 35.5 Å². The lowest BCUT2D eigenvalue weighted by Gasteiger charge is -2.57. The molecule has 0 amide bonds. The van der Waals surface area contributed by atoms with E-state index in [9.17, 15) is 10.1 Å². The number of H-pyrrole nitrogens is 1. The van der Waals surface area contributed by atoms with Crippen molar-refractivity contribution in [3.63, 3.8) is 0 Å². The molecular formula is C26H34N4O2. The van der Waals surface area contributed by atoms with Crippen LogP contribution in [0.1, 0.15) is 56.1 Å². The van der Waals surface area contributed by atoms with E-state index in [4.69, 9.17) is 4.74 Å². The number of esters is 1. The van der Waals surface area contributed by atoms with Crippen LogP contribution in [0.25, 0.3) is 10.9 Å². The number of ether oxygens (including phenoxy) is 1. The van der Waals surface area contributed by atoms with Crippen LogP contribution < -0.4 is 0 Å². The molecule has 2 aromatic rings. The highest BCUT2D eigenvalue weighted by Gasteiger charge is 2.48. The van der Waals surface area contributed by atoms with Crippen LogP contribution in [0.2, 0.25) is 0 Å². The van der Waals surface area contributed by atoms with Gasteiger partial charge in [-0.25, -0.2) is 0 Å². The summed E-state index contributed by atoms with van der Waals surface area (Å²) in [6, 6.07) is 9.39. The number of fused-ring (bicyclic) bond motifs is 1. The van der Waals surface area contributed by atoms with Crippen LogP contribution >= 0.6 is 0 Å². The predicted octanol–water partition coefficient (Wildman–Crippen LogP) is 4.06. The summed E-state index contributed by atoms with van der Waals surface area (Å²) in [5.74, 6) is 1.32. The number of hydrogen-bond donors (Lipinski definition) is 1. The highest BCUT2D eigenvalue weighted by molar-refractivity contribution is 5.84. The van der Waals surface area contributed by atoms with E-state index in [1.54, 1.807) is 0 Å². The molecule has 170 valence electrons. The van der Waals surface area contributed by atoms with E-state index >= 15 is 0 Å². The summed E-state index contributed by atoms with van der Waals surface area (Å²) in [7, 11) is 1.48. The summed E-state index contributed by atoms with van der Waals surface area (Å²) in [6.07, 6.45) is 9.78. The molecule has 0 bridgehead atoms. The molecule has 0 unspecified atom stereocenters. The number of likely N-dealkylation sites (tertiary alicyclic amines) is 1. The average molecular weight is 435 g/mol. The molecule has 3 aliphatic rings. The van der Waals surface area contributed by atoms with Crippen LogP contribution in [0.5, 0.6) is 0 Å². The summed E-state index contributed by atoms with van der Waals surface area (Å²) in [6.45, 7) is 4.54. The van der Waals surface area contributed by atoms with Gasteiger partial charge in [-0.3, -0.25) is 14.6 Å². The van der Waals surface area contributed by atoms with E-state index in [0.717, 1.165) is 42.8 Å². The smallest absolute Gasteiger partial charge is 0.305 e. The molecule has 4 atom stereocenters. The van der Waals surface area contributed by atoms with Gasteiger partial charge in [0.1, 0.15) is 0 Å². The Balaban J connectivity index is 1.42. The predicted molar refractivity (Wildman–Crippen MR) is 124 cm³/mol. The summed E-state index contributed by atoms with van der Waals surface area (Å²) >= 11 is 0. The molecule has 3 saturated heterocycles. The first-order valence-corrected chi connectivity index (χ1v) is 12.2. The van der Waals surface area contributed by atoms with Gasteiger partial charge in [0.05, 0.1) is 18.7 Å². The lowest BCUT2D eigenvalue weighted by atomic mass is 9.69. The highest BCUT2D eigenvalue weighted by atomic mass is 16.5. The SMILES string of the molecule is COC(=O)CCC[C@@H]1[C@H]2CCCN3CCC[C@H](CN1Cc1c[nH]c4ccc(C#N)cc14)[C@@H]23. The minimum atomic E-state index is -0.103. The molecule has 1 N–H and O–H groups in total. The second kappa shape index (κ2) is 9.25. The van der Waals surface area contributed by atoms with E-state index in [1.165, 1.54) is 51.4 Å². The van der Waals surface area contributed by atoms with Crippen molar-refractivity contribution < 1.29 is 9.53 Å². The largest absolute Gasteiger partial charge is 0.469 e. The maximum atomic E-state index is 11.8. The lowest BCUT2D eigenvalue weighted by Crippen LogP contribution is -2.64. The first-order valence-electron chi connectivity index (χ1n) is 12.2. The fraction of sp³-hybridized carbons (Fsp3) is 0.615. The van der Waals surface area contributed by atoms with Gasteiger partial charge in [0, 0.05) is 48.7 Å². The van der Waals surface area contributed by atoms with Gasteiger partial charge in [-0.15, -0.1) is 0 Å². The normalized spacial score (nSPS) is 28.2. The van der Waals surface area contributed by atoms with Crippen LogP contribution in [-0.2, 0) is 16.1 Å². The number of nitrogens with zero attached hydrogens (tertiary/aromatic N) is 3. The number of carbonyl (C=O) groups excluding carboxylic acids is 1. The van der Waals surface area contributed by atoms with E-state index in [1.807, 2.05) is 18.2 Å². The number of hydrogen-bond acceptors (Lipinski definition) is 5. The first kappa shape index (κ1) is 21.5. The number of benzene rings is 1. The lowest BCUT2D eigenvalue weighted by molar-refractivity contribution is -0.141. The van der Waals surface area contributed by atoms with Crippen LogP contribution in [0.3, 0.4) is 0 Å². The minimum Gasteiger partial charge on any atom is -0.469 e. The average Bonchev–Trinajstić information content (AvgIpc) is 3.22. The van der Waals surface area contributed by atoms with Crippen molar-refractivity contribution in [1.82, 2.24) is 14.8 Å². The number of rotatable bonds is 6. The third kappa shape index (κ3) is 4.04. The topological polar surface area (TPSA) is 72.4 Å². The van der Waals surface area contributed by atoms with Crippen molar-refractivity contribution in [2.24, 2.45) is 11.8 Å². The van der Waals surface area contributed by atoms with E-state index in [2.05, 4.69) is 27.0 Å². The molecule has 0 aliphatic carbocycles. The fourth-order valence-corrected chi connectivity index (χ4v) is 6.82. The molecule has 32 heavy (non-hydrogen) atoms. The Bertz CT molecular complexity index is 1010. The van der Waals surface area contributed by atoms with Crippen molar-refractivity contribution >= 4 is 16.9 Å². The van der Waals surface area contributed by atoms with Gasteiger partial charge in [-0.2, -0.15) is 5.26 Å². The third-order valence-electron chi connectivity index (χ3n) is 8.16. The zero-order valence-corrected chi connectivity index (χ0v) is 19.1. The van der Waals surface area contributed by atoms with Crippen molar-refractivity contribution in [2.45, 2.75) is 63.6 Å². The van der Waals surface area contributed by atoms with Crippen LogP contribution in [0, 0.1) is 23.2 Å². The molecule has 0 saturated carbocycles. The molecule has 5 rings (SSSR count). The Hall–Kier alpha value is -2.36. The van der Waals surface area contributed by atoms with Gasteiger partial charge >= 0.3 is 5.97 Å². The molecule has 6 nitrogen and oxygen atoms in total. The Morgan fingerprint density at radius 1 is 1.28 bits per heavy atom. The van der Waals surface area contributed by atoms with Gasteiger partial charge in [0.25, 0.3) is 0 Å². The van der Waals surface area contributed by atoms with Gasteiger partial charge in [0.2, 0.25) is 0 Å². The molecule has 1 aromatic carbocycles. The van der Waals surface area contributed by atoms with Crippen molar-refractivity contribution in [1.29, 1.82) is 5.26 Å². The summed E-state index contributed by atoms with van der Waals surface area (Å²) < 4.78 is 4.90. The number of carbonyl (C=O) groups is 1. The van der Waals surface area contributed by atoms with Gasteiger partial charge in [-0.1, -0.05) is 0 Å². The van der Waals surface area contributed by atoms with Crippen molar-refractivity contribution in [3.8, 4) is 6.07 Å². The fourth-order valence-electron chi connectivity index (χ4n) is 6.82. The van der Waals surface area contributed by atoms with Gasteiger partial charge < -0.3 is 9.72 Å². The quantitative estimate of drug-likeness (QED) is 0.694. The second-order valence-electron chi connectivity index (χ2n) is 9.89. The van der Waals surface area contributed by atoms with Gasteiger partial charge in [-0.05, 0) is 87.2 Å². The summed E-state index contributed by atoms with van der Waals surface area (Å²) in [5.41, 5.74) is 3.08. The molecular weight excluding hydrogens is 400 g/mol. The monoisotopic (exact) mass is 434 g/mol. The van der Waals surface area contributed by atoms with Gasteiger partial charge in [0.15, 0.2) is 0 Å². The standard InChI is InChI=1S/C26H34N4O2/c1-32-25(31)8-2-7-24-21-6-4-12-29-11-3-5-19(26(21)29)16-30(24)17-20-15-28-23-10-9-18(14-27)13-22(20)23/h9-10,13,15,19,21,24,26,28H,2-8,11-12,16-17H2,1H3/t19-,21-,24-,26+/m1/s1. The number of nitriles is 1. The summed E-state index contributed by atoms with van der Waals surface area (Å²) in [5, 5.41) is 10.5. The van der Waals surface area contributed by atoms with Crippen molar-refractivity contribution in [2.75, 3.05) is 26.7 Å². The molecule has 3 fully saturated rings. The molecule has 6 heteroatoms. The molecule has 1 aromatic heterocycles. The summed E-state index contributed by atoms with van der Waals surface area (Å²) in [4.78, 5) is 20.7. The molecule has 0 radical (unpaired) electrons. The number of aromatic nitrogens is 1. The highest BCUT2D eigenvalue weighted by Crippen LogP contribution is 2.44. The van der Waals surface area contributed by atoms with Crippen LogP contribution in [-0.4, -0.2) is 59.6 Å². The van der Waals surface area contributed by atoms with E-state index in [-0.39, 0.29) is 5.97 Å². The number of aromatic amines is 1. The molecule has 4 heterocycles. The first-order chi connectivity index (χ1) is 15.7. The number of methoxy groups -OCH3 is 1. The van der Waals surface area contributed by atoms with E-state index < -0.39 is 0 Å². The van der Waals surface area contributed by atoms with E-state index in [0.29, 0.717) is 30.0 Å². The maximum absolute atomic E-state index is 11.8. The zero-order chi connectivity index (χ0) is 22.1. The molecule has 0 spiro atoms. The van der Waals surface area contributed by atoms with Crippen LogP contribution in [0.15, 0.2) is 24.4 Å². The molecule has 3 aliphatic heterocycles. The Morgan fingerprint density at radius 2 is 2.12 bits per heavy atom. The minimum absolute atomic E-state index is 0.103. The van der Waals surface area contributed by atoms with Crippen LogP contribution in [0.4, 0.5) is 0 Å². The second-order valence-corrected chi connectivity index (χ2v) is 9.89. The Kier molecular flexibility index (Phi) is 6.21. The number of nitrogens with one attached hydrogen (secondary N) is 1. The zero-order valence-electron chi connectivity index (χ0n) is 19.1.